The zero-order chi connectivity index (χ0) is 17.5. The number of rotatable bonds is 2. The van der Waals surface area contributed by atoms with Crippen LogP contribution in [0.4, 0.5) is 0 Å². The summed E-state index contributed by atoms with van der Waals surface area (Å²) in [7, 11) is 0. The van der Waals surface area contributed by atoms with Crippen molar-refractivity contribution in [3.63, 3.8) is 0 Å². The molecule has 3 heterocycles. The molecule has 0 aliphatic carbocycles. The Morgan fingerprint density at radius 2 is 1.73 bits per heavy atom. The molecule has 0 unspecified atom stereocenters. The van der Waals surface area contributed by atoms with Gasteiger partial charge in [-0.05, 0) is 36.4 Å². The van der Waals surface area contributed by atoms with E-state index in [1.54, 1.807) is 22.1 Å². The molecule has 0 amide bonds. The van der Waals surface area contributed by atoms with Crippen LogP contribution in [0.2, 0.25) is 0 Å². The molecule has 0 atom stereocenters. The van der Waals surface area contributed by atoms with Crippen molar-refractivity contribution < 1.29 is 4.79 Å². The third-order valence-corrected chi connectivity index (χ3v) is 5.40. The largest absolute Gasteiger partial charge is 0.268 e. The van der Waals surface area contributed by atoms with Crippen LogP contribution < -0.4 is 0 Å². The summed E-state index contributed by atoms with van der Waals surface area (Å²) < 4.78 is 2.74. The molecule has 3 aromatic heterocycles. The van der Waals surface area contributed by atoms with Crippen molar-refractivity contribution >= 4 is 38.5 Å². The molecule has 5 heteroatoms. The molecule has 0 saturated heterocycles. The highest BCUT2D eigenvalue weighted by Crippen LogP contribution is 2.35. The van der Waals surface area contributed by atoms with E-state index in [4.69, 9.17) is 4.98 Å². The highest BCUT2D eigenvalue weighted by Gasteiger charge is 2.19. The van der Waals surface area contributed by atoms with Gasteiger partial charge in [-0.2, -0.15) is 0 Å². The van der Waals surface area contributed by atoms with Crippen molar-refractivity contribution in [2.45, 2.75) is 0 Å². The maximum absolute atomic E-state index is 13.0. The number of para-hydroxylation sites is 1. The molecular formula is C21H13N3OS. The zero-order valence-corrected chi connectivity index (χ0v) is 14.5. The quantitative estimate of drug-likeness (QED) is 0.448. The summed E-state index contributed by atoms with van der Waals surface area (Å²) in [6.07, 6.45) is 3.56. The van der Waals surface area contributed by atoms with Gasteiger partial charge in [-0.25, -0.2) is 9.97 Å². The van der Waals surface area contributed by atoms with Crippen molar-refractivity contribution in [1.29, 1.82) is 0 Å². The Morgan fingerprint density at radius 1 is 0.923 bits per heavy atom. The van der Waals surface area contributed by atoms with Crippen LogP contribution in [-0.2, 0) is 0 Å². The van der Waals surface area contributed by atoms with E-state index in [9.17, 15) is 4.79 Å². The number of carbonyl (C=O) groups is 1. The second-order valence-corrected chi connectivity index (χ2v) is 6.98. The van der Waals surface area contributed by atoms with Gasteiger partial charge in [0.05, 0.1) is 10.2 Å². The second kappa shape index (κ2) is 5.89. The van der Waals surface area contributed by atoms with Gasteiger partial charge in [0.2, 0.25) is 0 Å². The molecule has 0 radical (unpaired) electrons. The molecule has 0 fully saturated rings. The molecule has 0 saturated carbocycles. The molecule has 124 valence electrons. The van der Waals surface area contributed by atoms with Crippen LogP contribution in [0.15, 0.2) is 79.1 Å². The van der Waals surface area contributed by atoms with Crippen molar-refractivity contribution in [3.8, 4) is 10.6 Å². The van der Waals surface area contributed by atoms with E-state index in [-0.39, 0.29) is 5.91 Å². The standard InChI is InChI=1S/C21H13N3OS/c25-21(14-7-2-1-3-8-14)24-13-16(15-9-6-12-22-19(15)24)20-23-17-10-4-5-11-18(17)26-20/h1-13H. The van der Waals surface area contributed by atoms with Gasteiger partial charge in [0.15, 0.2) is 0 Å². The minimum Gasteiger partial charge on any atom is -0.268 e. The molecule has 0 N–H and O–H groups in total. The number of aromatic nitrogens is 3. The molecule has 5 rings (SSSR count). The highest BCUT2D eigenvalue weighted by molar-refractivity contribution is 7.21. The van der Waals surface area contributed by atoms with Crippen LogP contribution in [0.5, 0.6) is 0 Å². The average molecular weight is 355 g/mol. The van der Waals surface area contributed by atoms with E-state index in [0.29, 0.717) is 11.2 Å². The van der Waals surface area contributed by atoms with Gasteiger partial charge in [-0.1, -0.05) is 30.3 Å². The lowest BCUT2D eigenvalue weighted by Gasteiger charge is -2.02. The maximum atomic E-state index is 13.0. The predicted molar refractivity (Wildman–Crippen MR) is 105 cm³/mol. The minimum atomic E-state index is -0.0957. The van der Waals surface area contributed by atoms with E-state index in [1.807, 2.05) is 66.9 Å². The summed E-state index contributed by atoms with van der Waals surface area (Å²) >= 11 is 1.62. The van der Waals surface area contributed by atoms with Crippen molar-refractivity contribution in [2.75, 3.05) is 0 Å². The Morgan fingerprint density at radius 3 is 2.58 bits per heavy atom. The molecule has 4 nitrogen and oxygen atoms in total. The first-order chi connectivity index (χ1) is 12.8. The van der Waals surface area contributed by atoms with Crippen molar-refractivity contribution in [3.05, 3.63) is 84.7 Å². The fourth-order valence-corrected chi connectivity index (χ4v) is 4.08. The smallest absolute Gasteiger partial charge is 0.263 e. The monoisotopic (exact) mass is 355 g/mol. The number of hydrogen-bond donors (Lipinski definition) is 0. The van der Waals surface area contributed by atoms with Gasteiger partial charge in [-0.15, -0.1) is 11.3 Å². The minimum absolute atomic E-state index is 0.0957. The van der Waals surface area contributed by atoms with Gasteiger partial charge in [0, 0.05) is 28.9 Å². The number of hydrogen-bond acceptors (Lipinski definition) is 4. The lowest BCUT2D eigenvalue weighted by molar-refractivity contribution is 0.0964. The molecule has 0 aliphatic rings. The molecule has 0 aliphatic heterocycles. The zero-order valence-electron chi connectivity index (χ0n) is 13.7. The van der Waals surface area contributed by atoms with E-state index < -0.39 is 0 Å². The number of pyridine rings is 1. The molecule has 26 heavy (non-hydrogen) atoms. The lowest BCUT2D eigenvalue weighted by atomic mass is 10.2. The summed E-state index contributed by atoms with van der Waals surface area (Å²) in [6, 6.07) is 21.2. The summed E-state index contributed by atoms with van der Waals surface area (Å²) in [5.41, 5.74) is 3.17. The SMILES string of the molecule is O=C(c1ccccc1)n1cc(-c2nc3ccccc3s2)c2cccnc21. The first-order valence-electron chi connectivity index (χ1n) is 8.23. The number of thiazole rings is 1. The van der Waals surface area contributed by atoms with Gasteiger partial charge >= 0.3 is 0 Å². The summed E-state index contributed by atoms with van der Waals surface area (Å²) in [4.78, 5) is 22.2. The molecule has 2 aromatic carbocycles. The normalized spacial score (nSPS) is 11.2. The van der Waals surface area contributed by atoms with E-state index in [2.05, 4.69) is 11.1 Å². The van der Waals surface area contributed by atoms with Crippen LogP contribution >= 0.6 is 11.3 Å². The first-order valence-corrected chi connectivity index (χ1v) is 9.05. The highest BCUT2D eigenvalue weighted by atomic mass is 32.1. The van der Waals surface area contributed by atoms with E-state index >= 15 is 0 Å². The van der Waals surface area contributed by atoms with Gasteiger partial charge in [0.25, 0.3) is 5.91 Å². The Kier molecular flexibility index (Phi) is 3.40. The molecule has 5 aromatic rings. The number of carbonyl (C=O) groups excluding carboxylic acids is 1. The fraction of sp³-hybridized carbons (Fsp3) is 0. The summed E-state index contributed by atoms with van der Waals surface area (Å²) in [5.74, 6) is -0.0957. The number of nitrogens with zero attached hydrogens (tertiary/aromatic N) is 3. The third kappa shape index (κ3) is 2.33. The topological polar surface area (TPSA) is 47.8 Å². The molecule has 0 bridgehead atoms. The fourth-order valence-electron chi connectivity index (χ4n) is 3.09. The molecular weight excluding hydrogens is 342 g/mol. The first kappa shape index (κ1) is 15.0. The van der Waals surface area contributed by atoms with E-state index in [0.717, 1.165) is 26.2 Å². The summed E-state index contributed by atoms with van der Waals surface area (Å²) in [5, 5.41) is 1.82. The Balaban J connectivity index is 1.73. The average Bonchev–Trinajstić information content (AvgIpc) is 3.29. The van der Waals surface area contributed by atoms with Gasteiger partial charge in [-0.3, -0.25) is 9.36 Å². The Hall–Kier alpha value is -3.31. The summed E-state index contributed by atoms with van der Waals surface area (Å²) in [6.45, 7) is 0. The van der Waals surface area contributed by atoms with Crippen LogP contribution in [0.1, 0.15) is 10.4 Å². The van der Waals surface area contributed by atoms with Crippen molar-refractivity contribution in [1.82, 2.24) is 14.5 Å². The predicted octanol–water partition coefficient (Wildman–Crippen LogP) is 5.00. The maximum Gasteiger partial charge on any atom is 0.263 e. The third-order valence-electron chi connectivity index (χ3n) is 4.33. The lowest BCUT2D eigenvalue weighted by Crippen LogP contribution is -2.10. The van der Waals surface area contributed by atoms with E-state index in [1.165, 1.54) is 0 Å². The Labute approximate surface area is 153 Å². The number of fused-ring (bicyclic) bond motifs is 2. The van der Waals surface area contributed by atoms with Crippen LogP contribution in [0, 0.1) is 0 Å². The second-order valence-electron chi connectivity index (χ2n) is 5.95. The van der Waals surface area contributed by atoms with Crippen molar-refractivity contribution in [2.24, 2.45) is 0 Å². The van der Waals surface area contributed by atoms with Gasteiger partial charge in [0.1, 0.15) is 10.7 Å². The number of benzene rings is 2. The molecule has 0 spiro atoms. The van der Waals surface area contributed by atoms with Gasteiger partial charge < -0.3 is 0 Å². The van der Waals surface area contributed by atoms with Crippen LogP contribution in [-0.4, -0.2) is 20.4 Å². The van der Waals surface area contributed by atoms with Crippen LogP contribution in [0.25, 0.3) is 31.8 Å². The van der Waals surface area contributed by atoms with Crippen LogP contribution in [0.3, 0.4) is 0 Å². The Bertz CT molecular complexity index is 1220.